The number of unbranched alkanes of at least 4 members (excludes halogenated alkanes) is 1. The molecule has 3 N–H and O–H groups in total. The maximum absolute atomic E-state index is 10.7. The van der Waals surface area contributed by atoms with Gasteiger partial charge >= 0.3 is 5.97 Å². The van der Waals surface area contributed by atoms with E-state index in [0.717, 1.165) is 12.8 Å². The van der Waals surface area contributed by atoms with Crippen LogP contribution < -0.4 is 5.73 Å². The number of hydrogen-bond donors (Lipinski definition) is 2. The minimum Gasteiger partial charge on any atom is -0.480 e. The lowest BCUT2D eigenvalue weighted by Crippen LogP contribution is -2.35. The molecule has 72 valence electrons. The number of carboxylic acid groups (broad SMARTS) is 1. The SMILES string of the molecule is CN(C)C(CCCCN)C(=O)O. The fourth-order valence-corrected chi connectivity index (χ4v) is 1.08. The minimum absolute atomic E-state index is 0.364. The van der Waals surface area contributed by atoms with E-state index in [2.05, 4.69) is 0 Å². The molecule has 0 spiro atoms. The summed E-state index contributed by atoms with van der Waals surface area (Å²) in [5, 5.41) is 8.77. The van der Waals surface area contributed by atoms with Crippen LogP contribution in [0.25, 0.3) is 0 Å². The van der Waals surface area contributed by atoms with E-state index in [4.69, 9.17) is 10.8 Å². The number of likely N-dealkylation sites (N-methyl/N-ethyl adjacent to an activating group) is 1. The highest BCUT2D eigenvalue weighted by Crippen LogP contribution is 2.05. The van der Waals surface area contributed by atoms with Crippen LogP contribution >= 0.6 is 0 Å². The Bertz CT molecular complexity index is 137. The predicted molar refractivity (Wildman–Crippen MR) is 48.0 cm³/mol. The third-order valence-electron chi connectivity index (χ3n) is 1.84. The van der Waals surface area contributed by atoms with Crippen molar-refractivity contribution >= 4 is 5.97 Å². The van der Waals surface area contributed by atoms with E-state index in [1.165, 1.54) is 0 Å². The van der Waals surface area contributed by atoms with Crippen molar-refractivity contribution in [1.29, 1.82) is 0 Å². The second-order valence-corrected chi connectivity index (χ2v) is 3.10. The fourth-order valence-electron chi connectivity index (χ4n) is 1.08. The third-order valence-corrected chi connectivity index (χ3v) is 1.84. The van der Waals surface area contributed by atoms with Gasteiger partial charge in [0.05, 0.1) is 0 Å². The molecule has 0 radical (unpaired) electrons. The molecule has 1 unspecified atom stereocenters. The molecule has 0 rings (SSSR count). The van der Waals surface area contributed by atoms with Gasteiger partial charge in [0.15, 0.2) is 0 Å². The first-order chi connectivity index (χ1) is 5.59. The van der Waals surface area contributed by atoms with Gasteiger partial charge in [0, 0.05) is 0 Å². The van der Waals surface area contributed by atoms with Gasteiger partial charge in [0.1, 0.15) is 6.04 Å². The zero-order chi connectivity index (χ0) is 9.56. The molecule has 0 heterocycles. The molecule has 0 aliphatic heterocycles. The lowest BCUT2D eigenvalue weighted by Gasteiger charge is -2.19. The molecule has 0 aromatic rings. The Hall–Kier alpha value is -0.610. The van der Waals surface area contributed by atoms with Crippen molar-refractivity contribution in [3.63, 3.8) is 0 Å². The van der Waals surface area contributed by atoms with E-state index in [9.17, 15) is 4.79 Å². The van der Waals surface area contributed by atoms with Crippen LogP contribution in [0.4, 0.5) is 0 Å². The Labute approximate surface area is 73.3 Å². The van der Waals surface area contributed by atoms with Gasteiger partial charge < -0.3 is 10.8 Å². The van der Waals surface area contributed by atoms with E-state index >= 15 is 0 Å². The molecule has 0 bridgehead atoms. The summed E-state index contributed by atoms with van der Waals surface area (Å²) in [4.78, 5) is 12.4. The van der Waals surface area contributed by atoms with Crippen molar-refractivity contribution < 1.29 is 9.90 Å². The van der Waals surface area contributed by atoms with E-state index in [1.807, 2.05) is 0 Å². The maximum atomic E-state index is 10.7. The first-order valence-corrected chi connectivity index (χ1v) is 4.19. The van der Waals surface area contributed by atoms with Crippen molar-refractivity contribution in [2.75, 3.05) is 20.6 Å². The molecule has 4 heteroatoms. The van der Waals surface area contributed by atoms with E-state index in [-0.39, 0.29) is 6.04 Å². The Morgan fingerprint density at radius 3 is 2.42 bits per heavy atom. The Morgan fingerprint density at radius 2 is 2.08 bits per heavy atom. The summed E-state index contributed by atoms with van der Waals surface area (Å²) < 4.78 is 0. The Morgan fingerprint density at radius 1 is 1.50 bits per heavy atom. The number of nitrogens with two attached hydrogens (primary N) is 1. The van der Waals surface area contributed by atoms with Crippen LogP contribution in [0.5, 0.6) is 0 Å². The van der Waals surface area contributed by atoms with Gasteiger partial charge in [-0.1, -0.05) is 6.42 Å². The third kappa shape index (κ3) is 4.31. The number of carboxylic acids is 1. The van der Waals surface area contributed by atoms with Crippen molar-refractivity contribution in [1.82, 2.24) is 4.90 Å². The average molecular weight is 174 g/mol. The fraction of sp³-hybridized carbons (Fsp3) is 0.875. The highest BCUT2D eigenvalue weighted by atomic mass is 16.4. The van der Waals surface area contributed by atoms with Crippen molar-refractivity contribution in [3.05, 3.63) is 0 Å². The summed E-state index contributed by atoms with van der Waals surface area (Å²) in [7, 11) is 3.56. The van der Waals surface area contributed by atoms with Crippen molar-refractivity contribution in [3.8, 4) is 0 Å². The number of aliphatic carboxylic acids is 1. The van der Waals surface area contributed by atoms with Gasteiger partial charge in [0.25, 0.3) is 0 Å². The highest BCUT2D eigenvalue weighted by molar-refractivity contribution is 5.73. The first-order valence-electron chi connectivity index (χ1n) is 4.19. The van der Waals surface area contributed by atoms with Gasteiger partial charge in [-0.05, 0) is 33.5 Å². The summed E-state index contributed by atoms with van der Waals surface area (Å²) in [5.41, 5.74) is 5.31. The van der Waals surface area contributed by atoms with Crippen LogP contribution in [-0.4, -0.2) is 42.7 Å². The predicted octanol–water partition coefficient (Wildman–Crippen LogP) is 0.130. The van der Waals surface area contributed by atoms with Crippen LogP contribution in [0.3, 0.4) is 0 Å². The molecule has 0 saturated carbocycles. The summed E-state index contributed by atoms with van der Waals surface area (Å²) in [6.45, 7) is 0.639. The minimum atomic E-state index is -0.753. The number of hydrogen-bond acceptors (Lipinski definition) is 3. The zero-order valence-electron chi connectivity index (χ0n) is 7.79. The van der Waals surface area contributed by atoms with Gasteiger partial charge in [0.2, 0.25) is 0 Å². The smallest absolute Gasteiger partial charge is 0.320 e. The summed E-state index contributed by atoms with van der Waals surface area (Å²) in [6, 6.07) is -0.364. The molecule has 0 aromatic carbocycles. The second kappa shape index (κ2) is 5.97. The van der Waals surface area contributed by atoms with Crippen molar-refractivity contribution in [2.24, 2.45) is 5.73 Å². The molecule has 0 saturated heterocycles. The Kier molecular flexibility index (Phi) is 5.66. The van der Waals surface area contributed by atoms with E-state index in [1.54, 1.807) is 19.0 Å². The molecule has 12 heavy (non-hydrogen) atoms. The second-order valence-electron chi connectivity index (χ2n) is 3.10. The molecule has 0 aliphatic carbocycles. The topological polar surface area (TPSA) is 66.6 Å². The van der Waals surface area contributed by atoms with Crippen LogP contribution in [0.15, 0.2) is 0 Å². The maximum Gasteiger partial charge on any atom is 0.320 e. The largest absolute Gasteiger partial charge is 0.480 e. The van der Waals surface area contributed by atoms with Gasteiger partial charge in [-0.2, -0.15) is 0 Å². The number of rotatable bonds is 6. The highest BCUT2D eigenvalue weighted by Gasteiger charge is 2.18. The van der Waals surface area contributed by atoms with Gasteiger partial charge in [-0.25, -0.2) is 0 Å². The molecule has 0 aromatic heterocycles. The quantitative estimate of drug-likeness (QED) is 0.562. The summed E-state index contributed by atoms with van der Waals surface area (Å²) >= 11 is 0. The molecule has 4 nitrogen and oxygen atoms in total. The van der Waals surface area contributed by atoms with Crippen LogP contribution in [0.1, 0.15) is 19.3 Å². The molecule has 0 aliphatic rings. The van der Waals surface area contributed by atoms with Crippen LogP contribution in [0, 0.1) is 0 Å². The molecular formula is C8H18N2O2. The number of nitrogens with zero attached hydrogens (tertiary/aromatic N) is 1. The van der Waals surface area contributed by atoms with Crippen LogP contribution in [0.2, 0.25) is 0 Å². The molecule has 0 fully saturated rings. The summed E-state index contributed by atoms with van der Waals surface area (Å²) in [6.07, 6.45) is 2.46. The Balaban J connectivity index is 3.72. The molecule has 0 amide bonds. The van der Waals surface area contributed by atoms with E-state index in [0.29, 0.717) is 13.0 Å². The monoisotopic (exact) mass is 174 g/mol. The van der Waals surface area contributed by atoms with Gasteiger partial charge in [-0.15, -0.1) is 0 Å². The molecular weight excluding hydrogens is 156 g/mol. The normalized spacial score (nSPS) is 13.3. The number of carbonyl (C=O) groups is 1. The van der Waals surface area contributed by atoms with Crippen LogP contribution in [-0.2, 0) is 4.79 Å². The first kappa shape index (κ1) is 11.4. The lowest BCUT2D eigenvalue weighted by molar-refractivity contribution is -0.142. The van der Waals surface area contributed by atoms with Gasteiger partial charge in [-0.3, -0.25) is 9.69 Å². The standard InChI is InChI=1S/C8H18N2O2/c1-10(2)7(8(11)12)5-3-4-6-9/h7H,3-6,9H2,1-2H3,(H,11,12). The lowest BCUT2D eigenvalue weighted by atomic mass is 10.1. The van der Waals surface area contributed by atoms with Crippen molar-refractivity contribution in [2.45, 2.75) is 25.3 Å². The summed E-state index contributed by atoms with van der Waals surface area (Å²) in [5.74, 6) is -0.753. The average Bonchev–Trinajstić information content (AvgIpc) is 1.96. The zero-order valence-corrected chi connectivity index (χ0v) is 7.79. The molecule has 1 atom stereocenters. The van der Waals surface area contributed by atoms with E-state index < -0.39 is 5.97 Å².